The molecule has 0 unspecified atom stereocenters. The second-order valence-corrected chi connectivity index (χ2v) is 1.81. The first-order valence-electron chi connectivity index (χ1n) is 2.90. The van der Waals surface area contributed by atoms with E-state index in [9.17, 15) is 4.79 Å². The summed E-state index contributed by atoms with van der Waals surface area (Å²) in [5.41, 5.74) is 5.10. The van der Waals surface area contributed by atoms with Crippen molar-refractivity contribution in [3.05, 3.63) is 18.1 Å². The number of nitrogens with two attached hydrogens (primary N) is 1. The predicted molar refractivity (Wildman–Crippen MR) is 37.1 cm³/mol. The third-order valence-corrected chi connectivity index (χ3v) is 1.10. The highest BCUT2D eigenvalue weighted by atomic mass is 16.5. The summed E-state index contributed by atoms with van der Waals surface area (Å²) in [5.74, 6) is -0.264. The minimum absolute atomic E-state index is 0.150. The molecule has 1 rings (SSSR count). The van der Waals surface area contributed by atoms with Crippen LogP contribution < -0.4 is 10.5 Å². The molecular formula is C6H7N3O2. The van der Waals surface area contributed by atoms with Crippen molar-refractivity contribution in [1.29, 1.82) is 0 Å². The Morgan fingerprint density at radius 2 is 2.36 bits per heavy atom. The molecule has 2 N–H and O–H groups in total. The molecule has 1 aromatic rings. The Kier molecular flexibility index (Phi) is 2.00. The SMILES string of the molecule is COc1cc(C(N)=O)ncn1. The number of nitrogens with zero attached hydrogens (tertiary/aromatic N) is 2. The lowest BCUT2D eigenvalue weighted by Gasteiger charge is -1.97. The van der Waals surface area contributed by atoms with E-state index < -0.39 is 5.91 Å². The molecule has 0 saturated heterocycles. The minimum atomic E-state index is -0.592. The molecule has 5 heteroatoms. The Labute approximate surface area is 63.2 Å². The van der Waals surface area contributed by atoms with Crippen LogP contribution in [0.4, 0.5) is 0 Å². The van der Waals surface area contributed by atoms with Crippen LogP contribution in [0.3, 0.4) is 0 Å². The lowest BCUT2D eigenvalue weighted by atomic mass is 10.4. The fourth-order valence-corrected chi connectivity index (χ4v) is 0.586. The third-order valence-electron chi connectivity index (χ3n) is 1.10. The molecule has 0 aliphatic rings. The van der Waals surface area contributed by atoms with E-state index in [1.165, 1.54) is 19.5 Å². The Bertz CT molecular complexity index is 274. The summed E-state index contributed by atoms with van der Waals surface area (Å²) >= 11 is 0. The first-order chi connectivity index (χ1) is 5.24. The van der Waals surface area contributed by atoms with Crippen molar-refractivity contribution < 1.29 is 9.53 Å². The summed E-state index contributed by atoms with van der Waals surface area (Å²) in [6.45, 7) is 0. The second kappa shape index (κ2) is 2.96. The van der Waals surface area contributed by atoms with Crippen LogP contribution in [-0.4, -0.2) is 23.0 Å². The van der Waals surface area contributed by atoms with Crippen molar-refractivity contribution in [3.8, 4) is 5.88 Å². The van der Waals surface area contributed by atoms with Crippen molar-refractivity contribution in [2.75, 3.05) is 7.11 Å². The average molecular weight is 153 g/mol. The van der Waals surface area contributed by atoms with E-state index in [1.807, 2.05) is 0 Å². The zero-order valence-electron chi connectivity index (χ0n) is 5.94. The quantitative estimate of drug-likeness (QED) is 0.626. The van der Waals surface area contributed by atoms with Gasteiger partial charge in [0.15, 0.2) is 0 Å². The van der Waals surface area contributed by atoms with Crippen LogP contribution in [0.5, 0.6) is 5.88 Å². The minimum Gasteiger partial charge on any atom is -0.481 e. The number of aromatic nitrogens is 2. The smallest absolute Gasteiger partial charge is 0.267 e. The van der Waals surface area contributed by atoms with Crippen molar-refractivity contribution in [3.63, 3.8) is 0 Å². The zero-order valence-corrected chi connectivity index (χ0v) is 5.94. The van der Waals surface area contributed by atoms with Crippen LogP contribution in [0.25, 0.3) is 0 Å². The number of amides is 1. The topological polar surface area (TPSA) is 78.1 Å². The molecule has 0 saturated carbocycles. The van der Waals surface area contributed by atoms with Crippen LogP contribution >= 0.6 is 0 Å². The zero-order chi connectivity index (χ0) is 8.27. The number of hydrogen-bond acceptors (Lipinski definition) is 4. The number of rotatable bonds is 2. The number of ether oxygens (including phenoxy) is 1. The largest absolute Gasteiger partial charge is 0.481 e. The predicted octanol–water partition coefficient (Wildman–Crippen LogP) is -0.416. The molecule has 0 atom stereocenters. The number of carbonyl (C=O) groups excluding carboxylic acids is 1. The normalized spacial score (nSPS) is 9.18. The van der Waals surface area contributed by atoms with E-state index in [0.717, 1.165) is 0 Å². The summed E-state index contributed by atoms with van der Waals surface area (Å²) < 4.78 is 4.75. The lowest BCUT2D eigenvalue weighted by molar-refractivity contribution is 0.0995. The molecule has 0 fully saturated rings. The Morgan fingerprint density at radius 3 is 2.91 bits per heavy atom. The Morgan fingerprint density at radius 1 is 1.64 bits per heavy atom. The van der Waals surface area contributed by atoms with Crippen molar-refractivity contribution >= 4 is 5.91 Å². The van der Waals surface area contributed by atoms with E-state index in [2.05, 4.69) is 9.97 Å². The monoisotopic (exact) mass is 153 g/mol. The van der Waals surface area contributed by atoms with Crippen molar-refractivity contribution in [2.45, 2.75) is 0 Å². The fraction of sp³-hybridized carbons (Fsp3) is 0.167. The van der Waals surface area contributed by atoms with Crippen molar-refractivity contribution in [1.82, 2.24) is 9.97 Å². The lowest BCUT2D eigenvalue weighted by Crippen LogP contribution is -2.13. The first-order valence-corrected chi connectivity index (χ1v) is 2.90. The van der Waals surface area contributed by atoms with Crippen LogP contribution in [0.1, 0.15) is 10.5 Å². The first kappa shape index (κ1) is 7.46. The maximum atomic E-state index is 10.5. The van der Waals surface area contributed by atoms with Crippen LogP contribution in [0, 0.1) is 0 Å². The highest BCUT2D eigenvalue weighted by Gasteiger charge is 2.02. The van der Waals surface area contributed by atoms with E-state index in [0.29, 0.717) is 5.88 Å². The standard InChI is InChI=1S/C6H7N3O2/c1-11-5-2-4(6(7)10)8-3-9-5/h2-3H,1H3,(H2,7,10). The van der Waals surface area contributed by atoms with Gasteiger partial charge in [-0.25, -0.2) is 9.97 Å². The maximum absolute atomic E-state index is 10.5. The molecule has 0 bridgehead atoms. The van der Waals surface area contributed by atoms with E-state index >= 15 is 0 Å². The molecule has 1 amide bonds. The van der Waals surface area contributed by atoms with Gasteiger partial charge in [-0.3, -0.25) is 4.79 Å². The second-order valence-electron chi connectivity index (χ2n) is 1.81. The Hall–Kier alpha value is -1.65. The van der Waals surface area contributed by atoms with Crippen molar-refractivity contribution in [2.24, 2.45) is 5.73 Å². The van der Waals surface area contributed by atoms with Gasteiger partial charge in [0.25, 0.3) is 5.91 Å². The summed E-state index contributed by atoms with van der Waals surface area (Å²) in [6, 6.07) is 1.38. The molecule has 0 radical (unpaired) electrons. The fourth-order valence-electron chi connectivity index (χ4n) is 0.586. The summed E-state index contributed by atoms with van der Waals surface area (Å²) in [7, 11) is 1.45. The van der Waals surface area contributed by atoms with Gasteiger partial charge in [-0.2, -0.15) is 0 Å². The van der Waals surface area contributed by atoms with Gasteiger partial charge in [0.05, 0.1) is 7.11 Å². The van der Waals surface area contributed by atoms with E-state index in [4.69, 9.17) is 10.5 Å². The summed E-state index contributed by atoms with van der Waals surface area (Å²) in [5, 5.41) is 0. The molecule has 11 heavy (non-hydrogen) atoms. The number of carbonyl (C=O) groups is 1. The third kappa shape index (κ3) is 1.64. The Balaban J connectivity index is 3.01. The molecule has 0 aliphatic carbocycles. The molecule has 0 aromatic carbocycles. The van der Waals surface area contributed by atoms with Gasteiger partial charge in [0, 0.05) is 6.07 Å². The van der Waals surface area contributed by atoms with Gasteiger partial charge in [-0.15, -0.1) is 0 Å². The number of methoxy groups -OCH3 is 1. The molecule has 1 heterocycles. The average Bonchev–Trinajstić information content (AvgIpc) is 2.05. The van der Waals surface area contributed by atoms with Gasteiger partial charge >= 0.3 is 0 Å². The van der Waals surface area contributed by atoms with Crippen LogP contribution in [0.2, 0.25) is 0 Å². The molecule has 0 spiro atoms. The molecule has 5 nitrogen and oxygen atoms in total. The molecular weight excluding hydrogens is 146 g/mol. The highest BCUT2D eigenvalue weighted by molar-refractivity contribution is 5.90. The van der Waals surface area contributed by atoms with Gasteiger partial charge in [-0.1, -0.05) is 0 Å². The van der Waals surface area contributed by atoms with Gasteiger partial charge in [-0.05, 0) is 0 Å². The molecule has 1 aromatic heterocycles. The van der Waals surface area contributed by atoms with Gasteiger partial charge in [0.1, 0.15) is 12.0 Å². The van der Waals surface area contributed by atoms with Gasteiger partial charge in [0.2, 0.25) is 5.88 Å². The summed E-state index contributed by atoms with van der Waals surface area (Å²) in [4.78, 5) is 17.9. The van der Waals surface area contributed by atoms with Crippen LogP contribution in [0.15, 0.2) is 12.4 Å². The van der Waals surface area contributed by atoms with Gasteiger partial charge < -0.3 is 10.5 Å². The number of primary amides is 1. The van der Waals surface area contributed by atoms with Crippen LogP contribution in [-0.2, 0) is 0 Å². The summed E-state index contributed by atoms with van der Waals surface area (Å²) in [6.07, 6.45) is 1.22. The number of hydrogen-bond donors (Lipinski definition) is 1. The highest BCUT2D eigenvalue weighted by Crippen LogP contribution is 2.03. The van der Waals surface area contributed by atoms with E-state index in [-0.39, 0.29) is 5.69 Å². The van der Waals surface area contributed by atoms with E-state index in [1.54, 1.807) is 0 Å². The molecule has 0 aliphatic heterocycles. The molecule has 58 valence electrons. The maximum Gasteiger partial charge on any atom is 0.267 e.